The molecule has 1 aliphatic carbocycles. The molecule has 1 heterocycles. The zero-order chi connectivity index (χ0) is 13.9. The van der Waals surface area contributed by atoms with Gasteiger partial charge >= 0.3 is 0 Å². The molecule has 19 heavy (non-hydrogen) atoms. The first-order valence-electron chi connectivity index (χ1n) is 7.12. The predicted molar refractivity (Wildman–Crippen MR) is 82.4 cm³/mol. The minimum Gasteiger partial charge on any atom is -0.319 e. The standard InChI is InChI=1S/C13H26N2O2S2/c1-14-10-13(5-3-4-6-13)11-15-7-8-18-9-12(15)19(2,16)17/h12,14H,3-11H2,1-2H3. The van der Waals surface area contributed by atoms with Crippen molar-refractivity contribution < 1.29 is 8.42 Å². The highest BCUT2D eigenvalue weighted by molar-refractivity contribution is 8.00. The zero-order valence-electron chi connectivity index (χ0n) is 12.0. The Morgan fingerprint density at radius 3 is 2.63 bits per heavy atom. The molecular formula is C13H26N2O2S2. The fourth-order valence-electron chi connectivity index (χ4n) is 3.51. The molecule has 0 bridgehead atoms. The Balaban J connectivity index is 2.10. The van der Waals surface area contributed by atoms with Crippen molar-refractivity contribution in [2.24, 2.45) is 5.41 Å². The number of nitrogens with zero attached hydrogens (tertiary/aromatic N) is 1. The molecule has 1 saturated carbocycles. The average Bonchev–Trinajstić information content (AvgIpc) is 2.77. The van der Waals surface area contributed by atoms with Crippen molar-refractivity contribution in [1.82, 2.24) is 10.2 Å². The van der Waals surface area contributed by atoms with Crippen molar-refractivity contribution in [3.05, 3.63) is 0 Å². The third-order valence-corrected chi connectivity index (χ3v) is 7.13. The second-order valence-electron chi connectivity index (χ2n) is 6.07. The molecule has 0 aromatic carbocycles. The summed E-state index contributed by atoms with van der Waals surface area (Å²) in [5.41, 5.74) is 0.291. The SMILES string of the molecule is CNCC1(CN2CCSCC2S(C)(=O)=O)CCCC1. The third kappa shape index (κ3) is 3.86. The highest BCUT2D eigenvalue weighted by Gasteiger charge is 2.39. The molecule has 0 amide bonds. The third-order valence-electron chi connectivity index (χ3n) is 4.44. The van der Waals surface area contributed by atoms with Gasteiger partial charge < -0.3 is 5.32 Å². The van der Waals surface area contributed by atoms with E-state index >= 15 is 0 Å². The minimum absolute atomic E-state index is 0.277. The lowest BCUT2D eigenvalue weighted by Gasteiger charge is -2.41. The molecule has 1 atom stereocenters. The summed E-state index contributed by atoms with van der Waals surface area (Å²) in [6.07, 6.45) is 6.42. The predicted octanol–water partition coefficient (Wildman–Crippen LogP) is 1.19. The molecule has 0 aromatic heterocycles. The maximum absolute atomic E-state index is 12.0. The van der Waals surface area contributed by atoms with Crippen LogP contribution in [0.25, 0.3) is 0 Å². The first kappa shape index (κ1) is 15.6. The second kappa shape index (κ2) is 6.33. The number of hydrogen-bond acceptors (Lipinski definition) is 5. The summed E-state index contributed by atoms with van der Waals surface area (Å²) in [5.74, 6) is 1.79. The fourth-order valence-corrected chi connectivity index (χ4v) is 6.45. The van der Waals surface area contributed by atoms with Gasteiger partial charge in [-0.1, -0.05) is 12.8 Å². The Morgan fingerprint density at radius 2 is 2.05 bits per heavy atom. The highest BCUT2D eigenvalue weighted by atomic mass is 32.2. The summed E-state index contributed by atoms with van der Waals surface area (Å²) < 4.78 is 23.9. The van der Waals surface area contributed by atoms with Crippen LogP contribution in [0.15, 0.2) is 0 Å². The van der Waals surface area contributed by atoms with Gasteiger partial charge in [0.1, 0.15) is 5.37 Å². The summed E-state index contributed by atoms with van der Waals surface area (Å²) in [6.45, 7) is 2.85. The molecule has 0 aromatic rings. The van der Waals surface area contributed by atoms with Gasteiger partial charge in [0, 0.05) is 37.4 Å². The molecule has 6 heteroatoms. The number of nitrogens with one attached hydrogen (secondary N) is 1. The van der Waals surface area contributed by atoms with Crippen LogP contribution in [0, 0.1) is 5.41 Å². The summed E-state index contributed by atoms with van der Waals surface area (Å²) in [5, 5.41) is 3.04. The average molecular weight is 306 g/mol. The van der Waals surface area contributed by atoms with Crippen molar-refractivity contribution in [3.8, 4) is 0 Å². The quantitative estimate of drug-likeness (QED) is 0.827. The van der Waals surface area contributed by atoms with Gasteiger partial charge in [-0.3, -0.25) is 4.90 Å². The van der Waals surface area contributed by atoms with Crippen LogP contribution in [-0.2, 0) is 9.84 Å². The van der Waals surface area contributed by atoms with Crippen molar-refractivity contribution >= 4 is 21.6 Å². The molecule has 1 N–H and O–H groups in total. The first-order valence-corrected chi connectivity index (χ1v) is 10.2. The molecule has 0 spiro atoms. The first-order chi connectivity index (χ1) is 8.97. The Bertz CT molecular complexity index is 391. The van der Waals surface area contributed by atoms with Gasteiger partial charge in [-0.2, -0.15) is 11.8 Å². The molecule has 1 saturated heterocycles. The molecule has 1 aliphatic heterocycles. The summed E-state index contributed by atoms with van der Waals surface area (Å²) in [7, 11) is -0.974. The maximum Gasteiger partial charge on any atom is 0.164 e. The van der Waals surface area contributed by atoms with Crippen LogP contribution in [0.2, 0.25) is 0 Å². The number of thioether (sulfide) groups is 1. The van der Waals surface area contributed by atoms with Gasteiger partial charge in [0.15, 0.2) is 9.84 Å². The van der Waals surface area contributed by atoms with Gasteiger partial charge in [0.05, 0.1) is 0 Å². The van der Waals surface area contributed by atoms with Crippen LogP contribution in [0.4, 0.5) is 0 Å². The number of rotatable bonds is 5. The molecule has 0 radical (unpaired) electrons. The van der Waals surface area contributed by atoms with E-state index in [1.807, 2.05) is 7.05 Å². The van der Waals surface area contributed by atoms with Gasteiger partial charge in [-0.25, -0.2) is 8.42 Å². The molecule has 2 aliphatic rings. The summed E-state index contributed by atoms with van der Waals surface area (Å²) >= 11 is 1.77. The van der Waals surface area contributed by atoms with Crippen molar-refractivity contribution in [1.29, 1.82) is 0 Å². The molecule has 1 unspecified atom stereocenters. The Kier molecular flexibility index (Phi) is 5.20. The summed E-state index contributed by atoms with van der Waals surface area (Å²) in [6, 6.07) is 0. The smallest absolute Gasteiger partial charge is 0.164 e. The van der Waals surface area contributed by atoms with E-state index in [0.717, 1.165) is 31.1 Å². The molecular weight excluding hydrogens is 280 g/mol. The molecule has 112 valence electrons. The van der Waals surface area contributed by atoms with Crippen LogP contribution in [0.1, 0.15) is 25.7 Å². The van der Waals surface area contributed by atoms with Crippen LogP contribution in [0.5, 0.6) is 0 Å². The van der Waals surface area contributed by atoms with E-state index in [1.165, 1.54) is 31.9 Å². The van der Waals surface area contributed by atoms with E-state index in [9.17, 15) is 8.42 Å². The molecule has 2 rings (SSSR count). The summed E-state index contributed by atoms with van der Waals surface area (Å²) in [4.78, 5) is 2.23. The van der Waals surface area contributed by atoms with E-state index in [0.29, 0.717) is 5.41 Å². The minimum atomic E-state index is -2.97. The zero-order valence-corrected chi connectivity index (χ0v) is 13.7. The van der Waals surface area contributed by atoms with E-state index in [4.69, 9.17) is 0 Å². The second-order valence-corrected chi connectivity index (χ2v) is 9.42. The maximum atomic E-state index is 12.0. The Labute approximate surface area is 121 Å². The molecule has 2 fully saturated rings. The lowest BCUT2D eigenvalue weighted by molar-refractivity contribution is 0.148. The van der Waals surface area contributed by atoms with Gasteiger partial charge in [0.25, 0.3) is 0 Å². The fraction of sp³-hybridized carbons (Fsp3) is 1.00. The largest absolute Gasteiger partial charge is 0.319 e. The van der Waals surface area contributed by atoms with Crippen LogP contribution in [0.3, 0.4) is 0 Å². The highest BCUT2D eigenvalue weighted by Crippen LogP contribution is 2.39. The monoisotopic (exact) mass is 306 g/mol. The van der Waals surface area contributed by atoms with Crippen molar-refractivity contribution in [2.45, 2.75) is 31.1 Å². The molecule has 4 nitrogen and oxygen atoms in total. The number of sulfone groups is 1. The lowest BCUT2D eigenvalue weighted by Crippen LogP contribution is -2.52. The van der Waals surface area contributed by atoms with E-state index in [2.05, 4.69) is 10.2 Å². The van der Waals surface area contributed by atoms with E-state index < -0.39 is 9.84 Å². The van der Waals surface area contributed by atoms with Crippen LogP contribution in [-0.4, -0.2) is 63.1 Å². The van der Waals surface area contributed by atoms with Gasteiger partial charge in [-0.05, 0) is 25.3 Å². The lowest BCUT2D eigenvalue weighted by atomic mass is 9.85. The van der Waals surface area contributed by atoms with Crippen LogP contribution < -0.4 is 5.32 Å². The topological polar surface area (TPSA) is 49.4 Å². The van der Waals surface area contributed by atoms with Gasteiger partial charge in [0.2, 0.25) is 0 Å². The Hall–Kier alpha value is 0.220. The Morgan fingerprint density at radius 1 is 1.37 bits per heavy atom. The van der Waals surface area contributed by atoms with Crippen molar-refractivity contribution in [2.75, 3.05) is 44.4 Å². The van der Waals surface area contributed by atoms with E-state index in [1.54, 1.807) is 11.8 Å². The van der Waals surface area contributed by atoms with Crippen LogP contribution >= 0.6 is 11.8 Å². The van der Waals surface area contributed by atoms with Gasteiger partial charge in [-0.15, -0.1) is 0 Å². The van der Waals surface area contributed by atoms with Crippen molar-refractivity contribution in [3.63, 3.8) is 0 Å². The normalized spacial score (nSPS) is 28.6. The van der Waals surface area contributed by atoms with E-state index in [-0.39, 0.29) is 5.37 Å². The number of hydrogen-bond donors (Lipinski definition) is 1.